The van der Waals surface area contributed by atoms with Gasteiger partial charge in [0, 0.05) is 18.3 Å². The van der Waals surface area contributed by atoms with Crippen molar-refractivity contribution in [3.8, 4) is 5.75 Å². The third kappa shape index (κ3) is 4.02. The van der Waals surface area contributed by atoms with Crippen molar-refractivity contribution in [1.82, 2.24) is 4.90 Å². The summed E-state index contributed by atoms with van der Waals surface area (Å²) in [6.07, 6.45) is 2.22. The SMILES string of the molecule is CCN(C(=O)CN1CCCC1c1ccc(OC)cc1)c1ccccc1. The average molecular weight is 338 g/mol. The Bertz CT molecular complexity index is 685. The second-order valence-electron chi connectivity index (χ2n) is 6.38. The second kappa shape index (κ2) is 8.17. The van der Waals surface area contributed by atoms with Crippen molar-refractivity contribution in [2.75, 3.05) is 31.6 Å². The van der Waals surface area contributed by atoms with Crippen LogP contribution in [0.5, 0.6) is 5.75 Å². The Morgan fingerprint density at radius 2 is 1.88 bits per heavy atom. The van der Waals surface area contributed by atoms with Gasteiger partial charge in [0.1, 0.15) is 5.75 Å². The maximum absolute atomic E-state index is 12.9. The topological polar surface area (TPSA) is 32.8 Å². The minimum atomic E-state index is 0.161. The number of likely N-dealkylation sites (N-methyl/N-ethyl adjacent to an activating group) is 1. The van der Waals surface area contributed by atoms with Crippen molar-refractivity contribution in [3.63, 3.8) is 0 Å². The highest BCUT2D eigenvalue weighted by Gasteiger charge is 2.29. The van der Waals surface area contributed by atoms with Crippen molar-refractivity contribution in [3.05, 3.63) is 60.2 Å². The summed E-state index contributed by atoms with van der Waals surface area (Å²) in [7, 11) is 1.68. The van der Waals surface area contributed by atoms with Gasteiger partial charge in [0.15, 0.2) is 0 Å². The minimum absolute atomic E-state index is 0.161. The molecule has 1 atom stereocenters. The third-order valence-electron chi connectivity index (χ3n) is 4.89. The van der Waals surface area contributed by atoms with E-state index in [-0.39, 0.29) is 5.91 Å². The van der Waals surface area contributed by atoms with E-state index in [1.165, 1.54) is 5.56 Å². The molecule has 0 N–H and O–H groups in total. The number of anilines is 1. The molecule has 4 nitrogen and oxygen atoms in total. The number of likely N-dealkylation sites (tertiary alicyclic amines) is 1. The first-order valence-electron chi connectivity index (χ1n) is 8.96. The predicted octanol–water partition coefficient (Wildman–Crippen LogP) is 3.89. The summed E-state index contributed by atoms with van der Waals surface area (Å²) in [6, 6.07) is 18.4. The molecule has 0 aromatic heterocycles. The number of benzene rings is 2. The molecule has 0 radical (unpaired) electrons. The molecular formula is C21H26N2O2. The van der Waals surface area contributed by atoms with Crippen molar-refractivity contribution >= 4 is 11.6 Å². The van der Waals surface area contributed by atoms with E-state index in [1.54, 1.807) is 7.11 Å². The first-order chi connectivity index (χ1) is 12.2. The Hall–Kier alpha value is -2.33. The average Bonchev–Trinajstić information content (AvgIpc) is 3.11. The van der Waals surface area contributed by atoms with Gasteiger partial charge in [0.2, 0.25) is 5.91 Å². The lowest BCUT2D eigenvalue weighted by atomic mass is 10.0. The van der Waals surface area contributed by atoms with E-state index in [4.69, 9.17) is 4.74 Å². The maximum atomic E-state index is 12.9. The summed E-state index contributed by atoms with van der Waals surface area (Å²) in [5.41, 5.74) is 2.23. The van der Waals surface area contributed by atoms with Gasteiger partial charge in [-0.05, 0) is 56.1 Å². The normalized spacial score (nSPS) is 17.4. The fourth-order valence-electron chi connectivity index (χ4n) is 3.59. The van der Waals surface area contributed by atoms with Gasteiger partial charge in [-0.1, -0.05) is 30.3 Å². The highest BCUT2D eigenvalue weighted by Crippen LogP contribution is 2.32. The Kier molecular flexibility index (Phi) is 5.71. The Morgan fingerprint density at radius 1 is 1.16 bits per heavy atom. The summed E-state index contributed by atoms with van der Waals surface area (Å²) in [5.74, 6) is 1.03. The quantitative estimate of drug-likeness (QED) is 0.801. The van der Waals surface area contributed by atoms with E-state index >= 15 is 0 Å². The van der Waals surface area contributed by atoms with Crippen LogP contribution in [0.4, 0.5) is 5.69 Å². The van der Waals surface area contributed by atoms with Crippen LogP contribution in [0.15, 0.2) is 54.6 Å². The lowest BCUT2D eigenvalue weighted by Gasteiger charge is -2.28. The predicted molar refractivity (Wildman–Crippen MR) is 101 cm³/mol. The van der Waals surface area contributed by atoms with Gasteiger partial charge in [0.25, 0.3) is 0 Å². The summed E-state index contributed by atoms with van der Waals surface area (Å²) in [5, 5.41) is 0. The molecule has 1 unspecified atom stereocenters. The van der Waals surface area contributed by atoms with Crippen LogP contribution in [0, 0.1) is 0 Å². The fraction of sp³-hybridized carbons (Fsp3) is 0.381. The van der Waals surface area contributed by atoms with Gasteiger partial charge in [-0.15, -0.1) is 0 Å². The summed E-state index contributed by atoms with van der Waals surface area (Å²) in [4.78, 5) is 17.0. The van der Waals surface area contributed by atoms with Crippen LogP contribution < -0.4 is 9.64 Å². The molecule has 1 heterocycles. The van der Waals surface area contributed by atoms with E-state index < -0.39 is 0 Å². The summed E-state index contributed by atoms with van der Waals surface area (Å²) in [6.45, 7) is 4.13. The van der Waals surface area contributed by atoms with Gasteiger partial charge >= 0.3 is 0 Å². The van der Waals surface area contributed by atoms with Crippen LogP contribution in [-0.2, 0) is 4.79 Å². The molecule has 0 saturated carbocycles. The molecule has 4 heteroatoms. The Morgan fingerprint density at radius 3 is 2.52 bits per heavy atom. The Labute approximate surface area is 150 Å². The lowest BCUT2D eigenvalue weighted by molar-refractivity contribution is -0.119. The van der Waals surface area contributed by atoms with Gasteiger partial charge in [0.05, 0.1) is 13.7 Å². The number of para-hydroxylation sites is 1. The number of ether oxygens (including phenoxy) is 1. The number of nitrogens with zero attached hydrogens (tertiary/aromatic N) is 2. The zero-order valence-corrected chi connectivity index (χ0v) is 15.0. The zero-order valence-electron chi connectivity index (χ0n) is 15.0. The van der Waals surface area contributed by atoms with Crippen molar-refractivity contribution in [1.29, 1.82) is 0 Å². The van der Waals surface area contributed by atoms with Gasteiger partial charge < -0.3 is 9.64 Å². The molecule has 1 amide bonds. The van der Waals surface area contributed by atoms with Crippen LogP contribution in [0.2, 0.25) is 0 Å². The molecule has 3 rings (SSSR count). The van der Waals surface area contributed by atoms with E-state index in [2.05, 4.69) is 17.0 Å². The molecule has 132 valence electrons. The maximum Gasteiger partial charge on any atom is 0.241 e. The first kappa shape index (κ1) is 17.5. The van der Waals surface area contributed by atoms with Crippen LogP contribution in [-0.4, -0.2) is 37.6 Å². The molecule has 0 aliphatic carbocycles. The smallest absolute Gasteiger partial charge is 0.241 e. The summed E-state index contributed by atoms with van der Waals surface area (Å²) < 4.78 is 5.24. The van der Waals surface area contributed by atoms with Crippen LogP contribution in [0.1, 0.15) is 31.4 Å². The van der Waals surface area contributed by atoms with Gasteiger partial charge in [-0.2, -0.15) is 0 Å². The number of carbonyl (C=O) groups is 1. The number of carbonyl (C=O) groups excluding carboxylic acids is 1. The molecule has 1 saturated heterocycles. The fourth-order valence-corrected chi connectivity index (χ4v) is 3.59. The van der Waals surface area contributed by atoms with E-state index in [0.717, 1.165) is 30.8 Å². The molecule has 1 aliphatic heterocycles. The highest BCUT2D eigenvalue weighted by atomic mass is 16.5. The molecule has 25 heavy (non-hydrogen) atoms. The van der Waals surface area contributed by atoms with Crippen molar-refractivity contribution in [2.45, 2.75) is 25.8 Å². The largest absolute Gasteiger partial charge is 0.497 e. The number of rotatable bonds is 6. The van der Waals surface area contributed by atoms with Gasteiger partial charge in [-0.25, -0.2) is 0 Å². The number of methoxy groups -OCH3 is 1. The third-order valence-corrected chi connectivity index (χ3v) is 4.89. The zero-order chi connectivity index (χ0) is 17.6. The Balaban J connectivity index is 1.70. The van der Waals surface area contributed by atoms with E-state index in [0.29, 0.717) is 19.1 Å². The molecular weight excluding hydrogens is 312 g/mol. The van der Waals surface area contributed by atoms with Crippen molar-refractivity contribution in [2.24, 2.45) is 0 Å². The van der Waals surface area contributed by atoms with Crippen LogP contribution in [0.3, 0.4) is 0 Å². The molecule has 2 aromatic rings. The first-order valence-corrected chi connectivity index (χ1v) is 8.96. The van der Waals surface area contributed by atoms with Crippen LogP contribution >= 0.6 is 0 Å². The van der Waals surface area contributed by atoms with Crippen LogP contribution in [0.25, 0.3) is 0 Å². The minimum Gasteiger partial charge on any atom is -0.497 e. The molecule has 0 bridgehead atoms. The summed E-state index contributed by atoms with van der Waals surface area (Å²) >= 11 is 0. The highest BCUT2D eigenvalue weighted by molar-refractivity contribution is 5.94. The van der Waals surface area contributed by atoms with E-state index in [1.807, 2.05) is 54.3 Å². The number of hydrogen-bond donors (Lipinski definition) is 0. The molecule has 1 aliphatic rings. The number of hydrogen-bond acceptors (Lipinski definition) is 3. The molecule has 0 spiro atoms. The standard InChI is InChI=1S/C21H26N2O2/c1-3-23(18-8-5-4-6-9-18)21(24)16-22-15-7-10-20(22)17-11-13-19(25-2)14-12-17/h4-6,8-9,11-14,20H,3,7,10,15-16H2,1-2H3. The molecule has 1 fully saturated rings. The van der Waals surface area contributed by atoms with E-state index in [9.17, 15) is 4.79 Å². The monoisotopic (exact) mass is 338 g/mol. The lowest BCUT2D eigenvalue weighted by Crippen LogP contribution is -2.40. The van der Waals surface area contributed by atoms with Gasteiger partial charge in [-0.3, -0.25) is 9.69 Å². The van der Waals surface area contributed by atoms with Crippen molar-refractivity contribution < 1.29 is 9.53 Å². The number of amides is 1. The molecule has 2 aromatic carbocycles. The second-order valence-corrected chi connectivity index (χ2v) is 6.38.